The summed E-state index contributed by atoms with van der Waals surface area (Å²) in [6, 6.07) is 3.79. The third-order valence-electron chi connectivity index (χ3n) is 3.21. The molecular formula is C14H19N5O2. The molecule has 0 aliphatic heterocycles. The van der Waals surface area contributed by atoms with Gasteiger partial charge in [0.25, 0.3) is 5.56 Å². The van der Waals surface area contributed by atoms with Crippen LogP contribution in [0.15, 0.2) is 34.1 Å². The van der Waals surface area contributed by atoms with E-state index in [2.05, 4.69) is 10.3 Å². The molecule has 0 fully saturated rings. The molecule has 0 saturated heterocycles. The van der Waals surface area contributed by atoms with Gasteiger partial charge in [-0.1, -0.05) is 0 Å². The van der Waals surface area contributed by atoms with Crippen molar-refractivity contribution in [2.24, 2.45) is 14.1 Å². The molecule has 2 aromatic rings. The lowest BCUT2D eigenvalue weighted by Crippen LogP contribution is -2.38. The Labute approximate surface area is 122 Å². The number of anilines is 2. The summed E-state index contributed by atoms with van der Waals surface area (Å²) < 4.78 is 2.50. The Balaban J connectivity index is 2.17. The number of pyridine rings is 1. The Morgan fingerprint density at radius 3 is 2.52 bits per heavy atom. The van der Waals surface area contributed by atoms with Crippen molar-refractivity contribution in [2.75, 3.05) is 24.3 Å². The van der Waals surface area contributed by atoms with Crippen LogP contribution in [0.3, 0.4) is 0 Å². The van der Waals surface area contributed by atoms with Crippen LogP contribution in [0.5, 0.6) is 0 Å². The summed E-state index contributed by atoms with van der Waals surface area (Å²) >= 11 is 0. The molecule has 0 aliphatic rings. The fraction of sp³-hybridized carbons (Fsp3) is 0.357. The second kappa shape index (κ2) is 5.82. The summed E-state index contributed by atoms with van der Waals surface area (Å²) in [5, 5.41) is 3.13. The zero-order valence-corrected chi connectivity index (χ0v) is 12.6. The third kappa shape index (κ3) is 3.13. The van der Waals surface area contributed by atoms with Crippen LogP contribution in [-0.2, 0) is 20.6 Å². The van der Waals surface area contributed by atoms with Gasteiger partial charge in [0.2, 0.25) is 0 Å². The van der Waals surface area contributed by atoms with Gasteiger partial charge < -0.3 is 14.8 Å². The van der Waals surface area contributed by atoms with Crippen LogP contribution in [-0.4, -0.2) is 28.2 Å². The van der Waals surface area contributed by atoms with Gasteiger partial charge in [0.05, 0.1) is 17.4 Å². The SMILES string of the molecule is CN(C)c1ccc(NCc2cn(C)c(=O)n(C)c2=O)cn1. The van der Waals surface area contributed by atoms with Crippen LogP contribution in [0, 0.1) is 0 Å². The quantitative estimate of drug-likeness (QED) is 0.868. The first kappa shape index (κ1) is 14.8. The van der Waals surface area contributed by atoms with Gasteiger partial charge in [-0.3, -0.25) is 9.36 Å². The largest absolute Gasteiger partial charge is 0.379 e. The van der Waals surface area contributed by atoms with E-state index in [1.54, 1.807) is 19.4 Å². The molecule has 2 rings (SSSR count). The van der Waals surface area contributed by atoms with Gasteiger partial charge in [0.1, 0.15) is 5.82 Å². The Morgan fingerprint density at radius 2 is 1.95 bits per heavy atom. The first-order valence-corrected chi connectivity index (χ1v) is 6.53. The monoisotopic (exact) mass is 289 g/mol. The molecule has 7 nitrogen and oxygen atoms in total. The highest BCUT2D eigenvalue weighted by Crippen LogP contribution is 2.12. The van der Waals surface area contributed by atoms with E-state index in [4.69, 9.17) is 0 Å². The van der Waals surface area contributed by atoms with Gasteiger partial charge in [0, 0.05) is 40.9 Å². The predicted octanol–water partition coefficient (Wildman–Crippen LogP) is 0.157. The molecule has 2 aromatic heterocycles. The average Bonchev–Trinajstić information content (AvgIpc) is 2.48. The molecule has 1 N–H and O–H groups in total. The van der Waals surface area contributed by atoms with E-state index in [1.165, 1.54) is 11.6 Å². The lowest BCUT2D eigenvalue weighted by Gasteiger charge is -2.12. The summed E-state index contributed by atoms with van der Waals surface area (Å²) in [6.45, 7) is 0.337. The van der Waals surface area contributed by atoms with E-state index in [0.29, 0.717) is 12.1 Å². The van der Waals surface area contributed by atoms with Crippen molar-refractivity contribution in [3.05, 3.63) is 50.9 Å². The highest BCUT2D eigenvalue weighted by Gasteiger charge is 2.06. The van der Waals surface area contributed by atoms with Gasteiger partial charge in [-0.2, -0.15) is 0 Å². The zero-order valence-electron chi connectivity index (χ0n) is 12.6. The van der Waals surface area contributed by atoms with Crippen LogP contribution < -0.4 is 21.5 Å². The van der Waals surface area contributed by atoms with Crippen molar-refractivity contribution < 1.29 is 0 Å². The predicted molar refractivity (Wildman–Crippen MR) is 82.8 cm³/mol. The average molecular weight is 289 g/mol. The van der Waals surface area contributed by atoms with E-state index in [-0.39, 0.29) is 11.2 Å². The van der Waals surface area contributed by atoms with Crippen LogP contribution in [0.4, 0.5) is 11.5 Å². The van der Waals surface area contributed by atoms with Crippen LogP contribution in [0.25, 0.3) is 0 Å². The lowest BCUT2D eigenvalue weighted by atomic mass is 10.3. The molecule has 0 saturated carbocycles. The molecule has 2 heterocycles. The summed E-state index contributed by atoms with van der Waals surface area (Å²) in [5.74, 6) is 0.860. The van der Waals surface area contributed by atoms with Crippen LogP contribution >= 0.6 is 0 Å². The highest BCUT2D eigenvalue weighted by molar-refractivity contribution is 5.48. The van der Waals surface area contributed by atoms with Crippen molar-refractivity contribution in [3.8, 4) is 0 Å². The normalized spacial score (nSPS) is 10.5. The summed E-state index contributed by atoms with van der Waals surface area (Å²) in [4.78, 5) is 29.8. The van der Waals surface area contributed by atoms with Crippen molar-refractivity contribution in [3.63, 3.8) is 0 Å². The minimum atomic E-state index is -0.333. The molecule has 0 aromatic carbocycles. The number of nitrogens with one attached hydrogen (secondary N) is 1. The fourth-order valence-corrected chi connectivity index (χ4v) is 1.96. The molecule has 0 radical (unpaired) electrons. The Morgan fingerprint density at radius 1 is 1.24 bits per heavy atom. The highest BCUT2D eigenvalue weighted by atomic mass is 16.2. The van der Waals surface area contributed by atoms with E-state index < -0.39 is 0 Å². The number of aromatic nitrogens is 3. The van der Waals surface area contributed by atoms with Crippen molar-refractivity contribution >= 4 is 11.5 Å². The van der Waals surface area contributed by atoms with E-state index in [0.717, 1.165) is 16.1 Å². The van der Waals surface area contributed by atoms with Gasteiger partial charge in [-0.25, -0.2) is 9.78 Å². The van der Waals surface area contributed by atoms with Gasteiger partial charge >= 0.3 is 5.69 Å². The second-order valence-electron chi connectivity index (χ2n) is 5.07. The van der Waals surface area contributed by atoms with Crippen LogP contribution in [0.1, 0.15) is 5.56 Å². The number of rotatable bonds is 4. The summed E-state index contributed by atoms with van der Waals surface area (Å²) in [6.07, 6.45) is 3.26. The first-order chi connectivity index (χ1) is 9.90. The third-order valence-corrected chi connectivity index (χ3v) is 3.21. The number of nitrogens with zero attached hydrogens (tertiary/aromatic N) is 4. The molecule has 0 spiro atoms. The molecule has 0 aliphatic carbocycles. The maximum Gasteiger partial charge on any atom is 0.330 e. The lowest BCUT2D eigenvalue weighted by molar-refractivity contribution is 0.671. The number of hydrogen-bond acceptors (Lipinski definition) is 5. The number of aryl methyl sites for hydroxylation is 1. The second-order valence-corrected chi connectivity index (χ2v) is 5.07. The zero-order chi connectivity index (χ0) is 15.6. The molecule has 21 heavy (non-hydrogen) atoms. The van der Waals surface area contributed by atoms with Gasteiger partial charge in [-0.05, 0) is 12.1 Å². The minimum Gasteiger partial charge on any atom is -0.379 e. The van der Waals surface area contributed by atoms with Gasteiger partial charge in [0.15, 0.2) is 0 Å². The smallest absolute Gasteiger partial charge is 0.330 e. The van der Waals surface area contributed by atoms with E-state index in [9.17, 15) is 9.59 Å². The van der Waals surface area contributed by atoms with Crippen molar-refractivity contribution in [2.45, 2.75) is 6.54 Å². The first-order valence-electron chi connectivity index (χ1n) is 6.53. The Bertz CT molecular complexity index is 743. The maximum atomic E-state index is 12.0. The van der Waals surface area contributed by atoms with E-state index in [1.807, 2.05) is 31.1 Å². The molecule has 0 unspecified atom stereocenters. The fourth-order valence-electron chi connectivity index (χ4n) is 1.96. The summed E-state index contributed by atoms with van der Waals surface area (Å²) in [7, 11) is 6.94. The topological polar surface area (TPSA) is 72.2 Å². The Kier molecular flexibility index (Phi) is 4.11. The maximum absolute atomic E-state index is 12.0. The van der Waals surface area contributed by atoms with Crippen LogP contribution in [0.2, 0.25) is 0 Å². The molecule has 0 bridgehead atoms. The van der Waals surface area contributed by atoms with Crippen molar-refractivity contribution in [1.29, 1.82) is 0 Å². The Hall–Kier alpha value is -2.57. The molecule has 0 amide bonds. The van der Waals surface area contributed by atoms with Gasteiger partial charge in [-0.15, -0.1) is 0 Å². The minimum absolute atomic E-state index is 0.288. The standard InChI is InChI=1S/C14H19N5O2/c1-17(2)12-6-5-11(8-16-12)15-7-10-9-18(3)14(21)19(4)13(10)20/h5-6,8-9,15H,7H2,1-4H3. The van der Waals surface area contributed by atoms with E-state index >= 15 is 0 Å². The number of hydrogen-bond donors (Lipinski definition) is 1. The molecule has 0 atom stereocenters. The summed E-state index contributed by atoms with van der Waals surface area (Å²) in [5.41, 5.74) is 0.719. The van der Waals surface area contributed by atoms with Crippen molar-refractivity contribution in [1.82, 2.24) is 14.1 Å². The molecule has 7 heteroatoms. The molecular weight excluding hydrogens is 270 g/mol. The molecule has 112 valence electrons.